The van der Waals surface area contributed by atoms with Crippen molar-refractivity contribution in [1.29, 1.82) is 0 Å². The summed E-state index contributed by atoms with van der Waals surface area (Å²) in [6.07, 6.45) is 3.93. The van der Waals surface area contributed by atoms with Crippen LogP contribution in [0.3, 0.4) is 0 Å². The van der Waals surface area contributed by atoms with E-state index < -0.39 is 17.9 Å². The first-order valence-corrected chi connectivity index (χ1v) is 14.3. The summed E-state index contributed by atoms with van der Waals surface area (Å²) in [7, 11) is 0. The van der Waals surface area contributed by atoms with Crippen LogP contribution in [0.5, 0.6) is 0 Å². The van der Waals surface area contributed by atoms with Gasteiger partial charge < -0.3 is 51.5 Å². The van der Waals surface area contributed by atoms with Crippen LogP contribution in [0.25, 0.3) is 0 Å². The second kappa shape index (κ2) is 44.0. The molecule has 0 fully saturated rings. The van der Waals surface area contributed by atoms with Gasteiger partial charge in [0.2, 0.25) is 0 Å². The number of rotatable bonds is 11. The van der Waals surface area contributed by atoms with Gasteiger partial charge in [0.1, 0.15) is 23.8 Å². The summed E-state index contributed by atoms with van der Waals surface area (Å²) in [5.74, 6) is -3.17. The molecule has 0 rings (SSSR count). The number of allylic oxidation sites excluding steroid dienone is 6. The van der Waals surface area contributed by atoms with E-state index in [0.717, 1.165) is 24.3 Å². The molecule has 15 nitrogen and oxygen atoms in total. The predicted molar refractivity (Wildman–Crippen MR) is 179 cm³/mol. The van der Waals surface area contributed by atoms with Crippen LogP contribution in [-0.2, 0) is 52.6 Å². The lowest BCUT2D eigenvalue weighted by atomic mass is 10.2. The largest absolute Gasteiger partial charge is 1.00 e. The Bertz CT molecular complexity index is 1050. The zero-order valence-corrected chi connectivity index (χ0v) is 31.1. The number of Topliss-reactive ketones (excluding diaryl/α,β-unsaturated/α-hetero) is 3. The van der Waals surface area contributed by atoms with Crippen LogP contribution in [0.1, 0.15) is 95.9 Å². The SMILES string of the molecule is CC(=O)/C=C(/C)[O-].CC(=O)C=C(C)[O-].CC(=O)CC(C)=O.CCOC(=O)C=C(C)[O-].CCOC(=O)C=C(C)[O-].CCOC(=O)CC(C)=O.[B-].[B-]. The summed E-state index contributed by atoms with van der Waals surface area (Å²) in [4.78, 5) is 81.4. The molecule has 284 valence electrons. The maximum atomic E-state index is 10.4. The van der Waals surface area contributed by atoms with Gasteiger partial charge in [-0.3, -0.25) is 28.8 Å². The van der Waals surface area contributed by atoms with Gasteiger partial charge in [-0.2, -0.15) is 0 Å². The van der Waals surface area contributed by atoms with Gasteiger partial charge in [0.25, 0.3) is 0 Å². The van der Waals surface area contributed by atoms with Crippen LogP contribution in [-0.4, -0.2) is 83.5 Å². The number of carbonyl (C=O) groups excluding carboxylic acids is 8. The highest BCUT2D eigenvalue weighted by Crippen LogP contribution is 1.86. The van der Waals surface area contributed by atoms with Gasteiger partial charge in [-0.15, -0.1) is 23.0 Å². The molecule has 0 aromatic rings. The third-order valence-corrected chi connectivity index (χ3v) is 3.22. The number of ether oxygens (including phenoxy) is 3. The van der Waals surface area contributed by atoms with E-state index in [2.05, 4.69) is 14.2 Å². The second-order valence-electron chi connectivity index (χ2n) is 9.01. The fourth-order valence-electron chi connectivity index (χ4n) is 2.04. The predicted octanol–water partition coefficient (Wildman–Crippen LogP) is -0.372. The summed E-state index contributed by atoms with van der Waals surface area (Å²) in [5, 5.41) is 40.3. The fourth-order valence-corrected chi connectivity index (χ4v) is 2.04. The lowest BCUT2D eigenvalue weighted by Gasteiger charge is -2.01. The molecule has 0 atom stereocenters. The normalized spacial score (nSPS) is 9.92. The molecular weight excluding hydrogens is 658 g/mol. The third kappa shape index (κ3) is 96.7. The maximum absolute atomic E-state index is 10.4. The molecule has 0 aromatic heterocycles. The van der Waals surface area contributed by atoms with Gasteiger partial charge in [-0.1, -0.05) is 27.7 Å². The van der Waals surface area contributed by atoms with Crippen molar-refractivity contribution in [2.24, 2.45) is 0 Å². The Morgan fingerprint density at radius 3 is 0.780 bits per heavy atom. The summed E-state index contributed by atoms with van der Waals surface area (Å²) < 4.78 is 13.4. The lowest BCUT2D eigenvalue weighted by molar-refractivity contribution is -0.302. The zero-order chi connectivity index (χ0) is 39.4. The Morgan fingerprint density at radius 2 is 0.660 bits per heavy atom. The van der Waals surface area contributed by atoms with E-state index in [-0.39, 0.29) is 81.6 Å². The van der Waals surface area contributed by atoms with Gasteiger partial charge in [0.15, 0.2) is 11.6 Å². The second-order valence-corrected chi connectivity index (χ2v) is 9.01. The number of hydrogen-bond acceptors (Lipinski definition) is 15. The Morgan fingerprint density at radius 1 is 0.420 bits per heavy atom. The first kappa shape index (κ1) is 63.7. The van der Waals surface area contributed by atoms with E-state index >= 15 is 0 Å². The van der Waals surface area contributed by atoms with E-state index in [1.165, 1.54) is 62.3 Å². The van der Waals surface area contributed by atoms with E-state index in [4.69, 9.17) is 0 Å². The molecule has 0 saturated heterocycles. The van der Waals surface area contributed by atoms with Crippen LogP contribution in [0.2, 0.25) is 0 Å². The fraction of sp³-hybridized carbons (Fsp3) is 0.515. The summed E-state index contributed by atoms with van der Waals surface area (Å²) >= 11 is 0. The molecule has 0 amide bonds. The van der Waals surface area contributed by atoms with Crippen molar-refractivity contribution < 1.29 is 73.0 Å². The standard InChI is InChI=1S/3C6H10O3.3C5H8O2.2B/c3*1-3-9-6(8)4-5(2)7;3*1-4(6)3-5(2)7;;/h3-4H2,1-2H3;2*4,7H,3H2,1-2H3;3H2,1-2H3;2*3,6H,1-2H3;;/q;;;;;;2*-1/p-4/b;;;;4-3-;;;. The topological polar surface area (TPSA) is 256 Å². The highest BCUT2D eigenvalue weighted by atomic mass is 16.5. The monoisotopic (exact) mass is 708 g/mol. The minimum Gasteiger partial charge on any atom is -1.00 e. The molecule has 0 bridgehead atoms. The molecular formula is C33H50B2O15-6. The van der Waals surface area contributed by atoms with Gasteiger partial charge in [0, 0.05) is 12.2 Å². The molecule has 0 spiro atoms. The molecule has 17 heteroatoms. The van der Waals surface area contributed by atoms with Crippen LogP contribution in [0.4, 0.5) is 0 Å². The molecule has 0 aliphatic heterocycles. The summed E-state index contributed by atoms with van der Waals surface area (Å²) in [5.41, 5.74) is 0. The number of esters is 3. The van der Waals surface area contributed by atoms with Crippen LogP contribution < -0.4 is 20.4 Å². The van der Waals surface area contributed by atoms with Crippen molar-refractivity contribution >= 4 is 63.7 Å². The zero-order valence-electron chi connectivity index (χ0n) is 31.1. The minimum atomic E-state index is -0.565. The van der Waals surface area contributed by atoms with Gasteiger partial charge in [-0.05, 0) is 67.5 Å². The minimum absolute atomic E-state index is 0. The quantitative estimate of drug-likeness (QED) is 0.0662. The van der Waals surface area contributed by atoms with Crippen LogP contribution >= 0.6 is 0 Å². The average Bonchev–Trinajstić information content (AvgIpc) is 2.82. The molecule has 50 heavy (non-hydrogen) atoms. The number of ketones is 5. The van der Waals surface area contributed by atoms with E-state index in [1.807, 2.05) is 0 Å². The Balaban J connectivity index is -0.0000000703. The molecule has 0 heterocycles. The highest BCUT2D eigenvalue weighted by molar-refractivity contribution is 5.96. The molecule has 0 N–H and O–H groups in total. The van der Waals surface area contributed by atoms with E-state index in [1.54, 1.807) is 20.8 Å². The van der Waals surface area contributed by atoms with Crippen molar-refractivity contribution in [3.63, 3.8) is 0 Å². The third-order valence-electron chi connectivity index (χ3n) is 3.22. The summed E-state index contributed by atoms with van der Waals surface area (Å²) in [6.45, 7) is 18.2. The van der Waals surface area contributed by atoms with Crippen molar-refractivity contribution in [2.75, 3.05) is 19.8 Å². The Labute approximate surface area is 299 Å². The van der Waals surface area contributed by atoms with Gasteiger partial charge >= 0.3 is 17.9 Å². The number of hydrogen-bond donors (Lipinski definition) is 0. The van der Waals surface area contributed by atoms with Crippen molar-refractivity contribution in [1.82, 2.24) is 0 Å². The maximum Gasteiger partial charge on any atom is 0.329 e. The Kier molecular flexibility index (Phi) is 56.1. The van der Waals surface area contributed by atoms with Crippen molar-refractivity contribution in [3.8, 4) is 0 Å². The van der Waals surface area contributed by atoms with E-state index in [0.29, 0.717) is 19.8 Å². The molecule has 0 saturated carbocycles. The molecule has 0 unspecified atom stereocenters. The average molecular weight is 708 g/mol. The first-order valence-electron chi connectivity index (χ1n) is 14.3. The molecule has 0 aromatic carbocycles. The van der Waals surface area contributed by atoms with Crippen LogP contribution in [0, 0.1) is 0 Å². The van der Waals surface area contributed by atoms with E-state index in [9.17, 15) is 58.8 Å². The molecule has 0 aliphatic rings. The molecule has 0 aliphatic carbocycles. The van der Waals surface area contributed by atoms with Crippen LogP contribution in [0.15, 0.2) is 47.3 Å². The Hall–Kier alpha value is -4.95. The van der Waals surface area contributed by atoms with Crippen molar-refractivity contribution in [3.05, 3.63) is 47.3 Å². The van der Waals surface area contributed by atoms with Gasteiger partial charge in [-0.25, -0.2) is 9.59 Å². The highest BCUT2D eigenvalue weighted by Gasteiger charge is 2.03. The smallest absolute Gasteiger partial charge is 0.329 e. The first-order chi connectivity index (χ1) is 21.9. The lowest BCUT2D eigenvalue weighted by Crippen LogP contribution is -2.07. The number of carbonyl (C=O) groups is 8. The van der Waals surface area contributed by atoms with Crippen molar-refractivity contribution in [2.45, 2.75) is 95.9 Å². The van der Waals surface area contributed by atoms with Gasteiger partial charge in [0.05, 0.1) is 26.2 Å². The molecule has 8 radical (unpaired) electrons. The summed E-state index contributed by atoms with van der Waals surface area (Å²) in [6, 6.07) is 0.